The molecule has 0 bridgehead atoms. The maximum absolute atomic E-state index is 12.4. The average molecular weight is 308 g/mol. The highest BCUT2D eigenvalue weighted by molar-refractivity contribution is 5.86. The monoisotopic (exact) mass is 308 g/mol. The lowest BCUT2D eigenvalue weighted by molar-refractivity contribution is -0.124. The van der Waals surface area contributed by atoms with Crippen LogP contribution in [-0.4, -0.2) is 18.7 Å². The molecule has 1 fully saturated rings. The van der Waals surface area contributed by atoms with Gasteiger partial charge in [0.2, 0.25) is 5.91 Å². The van der Waals surface area contributed by atoms with E-state index in [9.17, 15) is 4.79 Å². The van der Waals surface area contributed by atoms with Crippen LogP contribution in [0.4, 0.5) is 0 Å². The summed E-state index contributed by atoms with van der Waals surface area (Å²) >= 11 is 0. The number of carbonyl (C=O) groups excluding carboxylic acids is 1. The Kier molecular flexibility index (Phi) is 4.53. The first-order valence-corrected chi connectivity index (χ1v) is 7.84. The minimum atomic E-state index is -0.498. The Labute approximate surface area is 136 Å². The van der Waals surface area contributed by atoms with Crippen molar-refractivity contribution in [3.8, 4) is 0 Å². The highest BCUT2D eigenvalue weighted by Gasteiger charge is 2.60. The largest absolute Gasteiger partial charge is 0.370 e. The first-order chi connectivity index (χ1) is 11.3. The van der Waals surface area contributed by atoms with E-state index < -0.39 is 5.60 Å². The van der Waals surface area contributed by atoms with Crippen molar-refractivity contribution in [3.05, 3.63) is 71.8 Å². The zero-order valence-corrected chi connectivity index (χ0v) is 13.1. The van der Waals surface area contributed by atoms with Crippen LogP contribution >= 0.6 is 0 Å². The molecule has 2 unspecified atom stereocenters. The molecule has 0 heterocycles. The fraction of sp³-hybridized carbons (Fsp3) is 0.263. The Balaban J connectivity index is 1.65. The van der Waals surface area contributed by atoms with Crippen LogP contribution in [0.25, 0.3) is 0 Å². The number of hydrogen-bond acceptors (Lipinski definition) is 3. The standard InChI is InChI=1S/C19H20N2O2/c1-2-23-19(16-11-7-4-8-12-16)13-17(19)18(22)21-20-14-15-9-5-3-6-10-15/h3-12,14,17H,2,13H2,1H3,(H,21,22)/b20-14+. The number of hydrogen-bond donors (Lipinski definition) is 1. The van der Waals surface area contributed by atoms with Gasteiger partial charge in [-0.3, -0.25) is 4.79 Å². The van der Waals surface area contributed by atoms with Crippen LogP contribution in [0.5, 0.6) is 0 Å². The van der Waals surface area contributed by atoms with E-state index in [1.54, 1.807) is 6.21 Å². The number of benzene rings is 2. The fourth-order valence-electron chi connectivity index (χ4n) is 2.88. The van der Waals surface area contributed by atoms with Crippen LogP contribution in [-0.2, 0) is 15.1 Å². The summed E-state index contributed by atoms with van der Waals surface area (Å²) in [6.45, 7) is 2.53. The first kappa shape index (κ1) is 15.4. The second-order valence-electron chi connectivity index (χ2n) is 5.59. The summed E-state index contributed by atoms with van der Waals surface area (Å²) in [5, 5.41) is 4.04. The van der Waals surface area contributed by atoms with Gasteiger partial charge in [0.1, 0.15) is 5.60 Å². The molecule has 0 radical (unpaired) electrons. The summed E-state index contributed by atoms with van der Waals surface area (Å²) in [5.41, 5.74) is 4.13. The zero-order valence-electron chi connectivity index (χ0n) is 13.1. The van der Waals surface area contributed by atoms with Crippen molar-refractivity contribution in [2.45, 2.75) is 18.9 Å². The molecule has 118 valence electrons. The maximum atomic E-state index is 12.4. The van der Waals surface area contributed by atoms with Gasteiger partial charge < -0.3 is 4.74 Å². The number of nitrogens with one attached hydrogen (secondary N) is 1. The molecule has 2 atom stereocenters. The number of rotatable bonds is 6. The van der Waals surface area contributed by atoms with Gasteiger partial charge in [-0.15, -0.1) is 0 Å². The Bertz CT molecular complexity index is 685. The van der Waals surface area contributed by atoms with E-state index in [1.165, 1.54) is 0 Å². The molecule has 1 N–H and O–H groups in total. The van der Waals surface area contributed by atoms with Crippen LogP contribution in [0.3, 0.4) is 0 Å². The molecule has 2 aromatic carbocycles. The van der Waals surface area contributed by atoms with Crippen LogP contribution in [0.15, 0.2) is 65.8 Å². The number of nitrogens with zero attached hydrogens (tertiary/aromatic N) is 1. The van der Waals surface area contributed by atoms with Gasteiger partial charge in [0.15, 0.2) is 0 Å². The lowest BCUT2D eigenvalue weighted by Gasteiger charge is -2.17. The molecule has 1 saturated carbocycles. The number of amides is 1. The predicted molar refractivity (Wildman–Crippen MR) is 90.0 cm³/mol. The number of carbonyl (C=O) groups is 1. The van der Waals surface area contributed by atoms with Crippen molar-refractivity contribution >= 4 is 12.1 Å². The van der Waals surface area contributed by atoms with E-state index in [0.29, 0.717) is 13.0 Å². The normalized spacial score (nSPS) is 22.9. The summed E-state index contributed by atoms with van der Waals surface area (Å²) in [5.74, 6) is -0.299. The smallest absolute Gasteiger partial charge is 0.246 e. The van der Waals surface area contributed by atoms with E-state index in [4.69, 9.17) is 4.74 Å². The molecule has 0 aliphatic heterocycles. The van der Waals surface area contributed by atoms with Crippen molar-refractivity contribution in [1.82, 2.24) is 5.43 Å². The topological polar surface area (TPSA) is 50.7 Å². The van der Waals surface area contributed by atoms with E-state index >= 15 is 0 Å². The molecular weight excluding hydrogens is 288 g/mol. The molecule has 1 aliphatic carbocycles. The highest BCUT2D eigenvalue weighted by atomic mass is 16.5. The Hall–Kier alpha value is -2.46. The minimum absolute atomic E-state index is 0.102. The van der Waals surface area contributed by atoms with Gasteiger partial charge >= 0.3 is 0 Å². The molecule has 1 amide bonds. The van der Waals surface area contributed by atoms with Crippen molar-refractivity contribution in [2.24, 2.45) is 11.0 Å². The second kappa shape index (κ2) is 6.75. The molecule has 3 rings (SSSR count). The minimum Gasteiger partial charge on any atom is -0.370 e. The molecule has 4 nitrogen and oxygen atoms in total. The van der Waals surface area contributed by atoms with Crippen molar-refractivity contribution in [1.29, 1.82) is 0 Å². The van der Waals surface area contributed by atoms with Crippen LogP contribution in [0, 0.1) is 5.92 Å². The van der Waals surface area contributed by atoms with Gasteiger partial charge in [0.05, 0.1) is 12.1 Å². The highest BCUT2D eigenvalue weighted by Crippen LogP contribution is 2.55. The van der Waals surface area contributed by atoms with Crippen molar-refractivity contribution in [3.63, 3.8) is 0 Å². The lowest BCUT2D eigenvalue weighted by Crippen LogP contribution is -2.26. The molecule has 0 aromatic heterocycles. The molecule has 23 heavy (non-hydrogen) atoms. The third-order valence-corrected chi connectivity index (χ3v) is 4.08. The fourth-order valence-corrected chi connectivity index (χ4v) is 2.88. The van der Waals surface area contributed by atoms with Gasteiger partial charge in [-0.05, 0) is 24.5 Å². The molecule has 0 saturated heterocycles. The van der Waals surface area contributed by atoms with Crippen molar-refractivity contribution < 1.29 is 9.53 Å². The molecular formula is C19H20N2O2. The van der Waals surface area contributed by atoms with Gasteiger partial charge in [-0.2, -0.15) is 5.10 Å². The van der Waals surface area contributed by atoms with Crippen LogP contribution < -0.4 is 5.43 Å². The van der Waals surface area contributed by atoms with Gasteiger partial charge in [-0.25, -0.2) is 5.43 Å². The van der Waals surface area contributed by atoms with E-state index in [-0.39, 0.29) is 11.8 Å². The third kappa shape index (κ3) is 3.32. The molecule has 0 spiro atoms. The maximum Gasteiger partial charge on any atom is 0.246 e. The van der Waals surface area contributed by atoms with Gasteiger partial charge in [0.25, 0.3) is 0 Å². The summed E-state index contributed by atoms with van der Waals surface area (Å²) in [4.78, 5) is 12.4. The van der Waals surface area contributed by atoms with Gasteiger partial charge in [-0.1, -0.05) is 60.7 Å². The summed E-state index contributed by atoms with van der Waals surface area (Å²) in [6, 6.07) is 19.6. The van der Waals surface area contributed by atoms with Crippen LogP contribution in [0.1, 0.15) is 24.5 Å². The van der Waals surface area contributed by atoms with Crippen LogP contribution in [0.2, 0.25) is 0 Å². The van der Waals surface area contributed by atoms with Crippen molar-refractivity contribution in [2.75, 3.05) is 6.61 Å². The third-order valence-electron chi connectivity index (χ3n) is 4.08. The molecule has 1 aliphatic rings. The van der Waals surface area contributed by atoms with E-state index in [0.717, 1.165) is 11.1 Å². The average Bonchev–Trinajstić information content (AvgIpc) is 3.33. The molecule has 2 aromatic rings. The van der Waals surface area contributed by atoms with E-state index in [2.05, 4.69) is 10.5 Å². The molecule has 4 heteroatoms. The Morgan fingerprint density at radius 1 is 1.22 bits per heavy atom. The summed E-state index contributed by atoms with van der Waals surface area (Å²) in [7, 11) is 0. The Morgan fingerprint density at radius 2 is 1.87 bits per heavy atom. The quantitative estimate of drug-likeness (QED) is 0.658. The predicted octanol–water partition coefficient (Wildman–Crippen LogP) is 3.09. The SMILES string of the molecule is CCOC1(c2ccccc2)CC1C(=O)N/N=C/c1ccccc1. The first-order valence-electron chi connectivity index (χ1n) is 7.84. The lowest BCUT2D eigenvalue weighted by atomic mass is 10.1. The number of hydrazone groups is 1. The zero-order chi connectivity index (χ0) is 16.1. The summed E-state index contributed by atoms with van der Waals surface area (Å²) < 4.78 is 5.91. The second-order valence-corrected chi connectivity index (χ2v) is 5.59. The summed E-state index contributed by atoms with van der Waals surface area (Å²) in [6.07, 6.45) is 2.34. The van der Waals surface area contributed by atoms with E-state index in [1.807, 2.05) is 67.6 Å². The number of ether oxygens (including phenoxy) is 1. The Morgan fingerprint density at radius 3 is 2.52 bits per heavy atom. The van der Waals surface area contributed by atoms with Gasteiger partial charge in [0, 0.05) is 6.61 Å².